The molecule has 0 fully saturated rings. The Bertz CT molecular complexity index is 921. The largest absolute Gasteiger partial charge is 0.456 e. The summed E-state index contributed by atoms with van der Waals surface area (Å²) in [7, 11) is 1.69. The number of likely N-dealkylation sites (N-methyl/N-ethyl adjacent to an activating group) is 1. The van der Waals surface area contributed by atoms with Gasteiger partial charge in [-0.2, -0.15) is 0 Å². The molecule has 3 rings (SSSR count). The molecule has 1 heterocycles. The lowest BCUT2D eigenvalue weighted by Gasteiger charge is -2.15. The Morgan fingerprint density at radius 2 is 1.89 bits per heavy atom. The second-order valence-electron chi connectivity index (χ2n) is 6.40. The van der Waals surface area contributed by atoms with Crippen molar-refractivity contribution in [3.8, 4) is 0 Å². The monoisotopic (exact) mass is 414 g/mol. The minimum absolute atomic E-state index is 0.237. The topological polar surface area (TPSA) is 59.5 Å². The van der Waals surface area contributed by atoms with Gasteiger partial charge in [0.1, 0.15) is 5.01 Å². The molecule has 0 spiro atoms. The summed E-state index contributed by atoms with van der Waals surface area (Å²) in [5.41, 5.74) is 2.14. The first kappa shape index (κ1) is 20.4. The van der Waals surface area contributed by atoms with Crippen LogP contribution >= 0.6 is 23.1 Å². The molecule has 3 aromatic rings. The van der Waals surface area contributed by atoms with Gasteiger partial charge in [0.25, 0.3) is 5.91 Å². The molecule has 0 aliphatic rings. The van der Waals surface area contributed by atoms with E-state index < -0.39 is 0 Å². The first-order chi connectivity index (χ1) is 13.5. The number of thioether (sulfide) groups is 1. The molecule has 2 aromatic carbocycles. The fraction of sp³-hybridized carbons (Fsp3) is 0.286. The standard InChI is InChI=1S/C21H22N2O3S2/c1-15-7-9-16(10-8-15)27-12-11-21(25)26-14-20(24)23(2)13-19-22-17-5-3-4-6-18(17)28-19/h3-10H,11-14H2,1-2H3. The van der Waals surface area contributed by atoms with E-state index in [0.717, 1.165) is 20.1 Å². The minimum Gasteiger partial charge on any atom is -0.456 e. The van der Waals surface area contributed by atoms with E-state index in [-0.39, 0.29) is 24.9 Å². The molecular weight excluding hydrogens is 392 g/mol. The van der Waals surface area contributed by atoms with Gasteiger partial charge in [-0.3, -0.25) is 9.59 Å². The number of hydrogen-bond acceptors (Lipinski definition) is 6. The van der Waals surface area contributed by atoms with Crippen molar-refractivity contribution in [1.82, 2.24) is 9.88 Å². The number of thiazole rings is 1. The van der Waals surface area contributed by atoms with Crippen LogP contribution in [0.4, 0.5) is 0 Å². The second-order valence-corrected chi connectivity index (χ2v) is 8.68. The Kier molecular flexibility index (Phi) is 7.06. The zero-order chi connectivity index (χ0) is 19.9. The number of rotatable bonds is 8. The first-order valence-electron chi connectivity index (χ1n) is 8.95. The molecule has 0 saturated carbocycles. The molecule has 0 radical (unpaired) electrons. The fourth-order valence-corrected chi connectivity index (χ4v) is 4.34. The van der Waals surface area contributed by atoms with Gasteiger partial charge in [-0.05, 0) is 31.2 Å². The zero-order valence-corrected chi connectivity index (χ0v) is 17.5. The van der Waals surface area contributed by atoms with Crippen LogP contribution < -0.4 is 0 Å². The summed E-state index contributed by atoms with van der Waals surface area (Å²) in [4.78, 5) is 31.3. The van der Waals surface area contributed by atoms with Crippen LogP contribution in [0.3, 0.4) is 0 Å². The van der Waals surface area contributed by atoms with Crippen molar-refractivity contribution in [3.05, 3.63) is 59.1 Å². The summed E-state index contributed by atoms with van der Waals surface area (Å²) in [5, 5.41) is 0.859. The molecule has 146 valence electrons. The van der Waals surface area contributed by atoms with Gasteiger partial charge in [-0.25, -0.2) is 4.98 Å². The average Bonchev–Trinajstić information content (AvgIpc) is 3.09. The number of esters is 1. The molecule has 0 aliphatic carbocycles. The number of carbonyl (C=O) groups is 2. The van der Waals surface area contributed by atoms with E-state index in [9.17, 15) is 9.59 Å². The van der Waals surface area contributed by atoms with Crippen molar-refractivity contribution in [2.45, 2.75) is 24.8 Å². The summed E-state index contributed by atoms with van der Waals surface area (Å²) in [6.45, 7) is 2.20. The van der Waals surface area contributed by atoms with Gasteiger partial charge in [0.2, 0.25) is 0 Å². The van der Waals surface area contributed by atoms with Crippen molar-refractivity contribution in [3.63, 3.8) is 0 Å². The Hall–Kier alpha value is -2.38. The minimum atomic E-state index is -0.360. The smallest absolute Gasteiger partial charge is 0.307 e. The Balaban J connectivity index is 1.38. The number of carbonyl (C=O) groups excluding carboxylic acids is 2. The molecule has 5 nitrogen and oxygen atoms in total. The van der Waals surface area contributed by atoms with Crippen molar-refractivity contribution in [1.29, 1.82) is 0 Å². The van der Waals surface area contributed by atoms with Crippen LogP contribution in [0.1, 0.15) is 17.0 Å². The third kappa shape index (κ3) is 5.81. The van der Waals surface area contributed by atoms with E-state index in [4.69, 9.17) is 4.74 Å². The third-order valence-corrected chi connectivity index (χ3v) is 6.12. The van der Waals surface area contributed by atoms with Gasteiger partial charge in [-0.1, -0.05) is 29.8 Å². The van der Waals surface area contributed by atoms with Gasteiger partial charge in [-0.15, -0.1) is 23.1 Å². The number of para-hydroxylation sites is 1. The number of fused-ring (bicyclic) bond motifs is 1. The fourth-order valence-electron chi connectivity index (χ4n) is 2.49. The van der Waals surface area contributed by atoms with E-state index in [0.29, 0.717) is 12.3 Å². The number of benzene rings is 2. The highest BCUT2D eigenvalue weighted by Gasteiger charge is 2.14. The van der Waals surface area contributed by atoms with Gasteiger partial charge < -0.3 is 9.64 Å². The number of amides is 1. The number of aryl methyl sites for hydroxylation is 1. The molecule has 0 unspecified atom stereocenters. The number of hydrogen-bond donors (Lipinski definition) is 0. The van der Waals surface area contributed by atoms with E-state index in [1.165, 1.54) is 10.5 Å². The lowest BCUT2D eigenvalue weighted by molar-refractivity contribution is -0.151. The van der Waals surface area contributed by atoms with E-state index in [1.54, 1.807) is 30.1 Å². The molecule has 28 heavy (non-hydrogen) atoms. The highest BCUT2D eigenvalue weighted by Crippen LogP contribution is 2.22. The van der Waals surface area contributed by atoms with Crippen LogP contribution in [-0.2, 0) is 20.9 Å². The van der Waals surface area contributed by atoms with E-state index in [2.05, 4.69) is 4.98 Å². The molecule has 1 amide bonds. The maximum Gasteiger partial charge on any atom is 0.307 e. The molecular formula is C21H22N2O3S2. The van der Waals surface area contributed by atoms with Gasteiger partial charge >= 0.3 is 5.97 Å². The highest BCUT2D eigenvalue weighted by atomic mass is 32.2. The van der Waals surface area contributed by atoms with Crippen LogP contribution in [0.15, 0.2) is 53.4 Å². The first-order valence-corrected chi connectivity index (χ1v) is 10.7. The van der Waals surface area contributed by atoms with Crippen molar-refractivity contribution >= 4 is 45.2 Å². The van der Waals surface area contributed by atoms with Gasteiger partial charge in [0.05, 0.1) is 23.2 Å². The van der Waals surface area contributed by atoms with Crippen LogP contribution in [0.25, 0.3) is 10.2 Å². The predicted octanol–water partition coefficient (Wildman–Crippen LogP) is 4.29. The normalized spacial score (nSPS) is 10.8. The van der Waals surface area contributed by atoms with Gasteiger partial charge in [0.15, 0.2) is 6.61 Å². The number of ether oxygens (including phenoxy) is 1. The number of aromatic nitrogens is 1. The summed E-state index contributed by atoms with van der Waals surface area (Å²) in [6, 6.07) is 16.0. The molecule has 0 bridgehead atoms. The molecule has 0 saturated heterocycles. The Morgan fingerprint density at radius 1 is 1.14 bits per heavy atom. The zero-order valence-electron chi connectivity index (χ0n) is 15.9. The maximum absolute atomic E-state index is 12.2. The highest BCUT2D eigenvalue weighted by molar-refractivity contribution is 7.99. The average molecular weight is 415 g/mol. The Labute approximate surface area is 172 Å². The van der Waals surface area contributed by atoms with Crippen LogP contribution in [-0.4, -0.2) is 41.2 Å². The van der Waals surface area contributed by atoms with Crippen molar-refractivity contribution in [2.75, 3.05) is 19.4 Å². The molecule has 0 N–H and O–H groups in total. The molecule has 7 heteroatoms. The quantitative estimate of drug-likeness (QED) is 0.407. The van der Waals surface area contributed by atoms with Gasteiger partial charge in [0, 0.05) is 17.7 Å². The van der Waals surface area contributed by atoms with Crippen LogP contribution in [0, 0.1) is 6.92 Å². The molecule has 0 atom stereocenters. The van der Waals surface area contributed by atoms with Crippen LogP contribution in [0.2, 0.25) is 0 Å². The van der Waals surface area contributed by atoms with E-state index in [1.807, 2.05) is 55.5 Å². The number of nitrogens with zero attached hydrogens (tertiary/aromatic N) is 2. The molecule has 0 aliphatic heterocycles. The SMILES string of the molecule is Cc1ccc(SCCC(=O)OCC(=O)N(C)Cc2nc3ccccc3s2)cc1. The summed E-state index contributed by atoms with van der Waals surface area (Å²) >= 11 is 3.16. The Morgan fingerprint density at radius 3 is 2.64 bits per heavy atom. The summed E-state index contributed by atoms with van der Waals surface area (Å²) in [6.07, 6.45) is 0.271. The summed E-state index contributed by atoms with van der Waals surface area (Å²) < 4.78 is 6.21. The lowest BCUT2D eigenvalue weighted by atomic mass is 10.2. The lowest BCUT2D eigenvalue weighted by Crippen LogP contribution is -2.30. The van der Waals surface area contributed by atoms with Crippen molar-refractivity contribution < 1.29 is 14.3 Å². The van der Waals surface area contributed by atoms with E-state index >= 15 is 0 Å². The molecule has 1 aromatic heterocycles. The maximum atomic E-state index is 12.2. The predicted molar refractivity (Wildman–Crippen MR) is 114 cm³/mol. The van der Waals surface area contributed by atoms with Crippen LogP contribution in [0.5, 0.6) is 0 Å². The third-order valence-electron chi connectivity index (χ3n) is 4.09. The second kappa shape index (κ2) is 9.71. The van der Waals surface area contributed by atoms with Crippen molar-refractivity contribution in [2.24, 2.45) is 0 Å². The summed E-state index contributed by atoms with van der Waals surface area (Å²) in [5.74, 6) is 0.0256.